The maximum atomic E-state index is 14.3. The van der Waals surface area contributed by atoms with Crippen molar-refractivity contribution in [1.82, 2.24) is 5.32 Å². The van der Waals surface area contributed by atoms with Gasteiger partial charge in [-0.15, -0.1) is 0 Å². The molecule has 4 nitrogen and oxygen atoms in total. The van der Waals surface area contributed by atoms with Gasteiger partial charge >= 0.3 is 6.11 Å². The molecule has 0 spiro atoms. The molecule has 1 saturated heterocycles. The topological polar surface area (TPSA) is 44.7 Å². The Labute approximate surface area is 146 Å². The fraction of sp³-hybridized carbons (Fsp3) is 0.667. The van der Waals surface area contributed by atoms with Gasteiger partial charge in [0.25, 0.3) is 0 Å². The summed E-state index contributed by atoms with van der Waals surface area (Å²) in [4.78, 5) is 2.18. The zero-order chi connectivity index (χ0) is 18.2. The van der Waals surface area contributed by atoms with Crippen LogP contribution in [0, 0.1) is 5.82 Å². The molecular weight excluding hydrogens is 333 g/mol. The molecule has 25 heavy (non-hydrogen) atoms. The number of hydrogen-bond acceptors (Lipinski definition) is 4. The summed E-state index contributed by atoms with van der Waals surface area (Å²) in [7, 11) is 0. The minimum absolute atomic E-state index is 0.117. The molecule has 1 aromatic rings. The highest BCUT2D eigenvalue weighted by molar-refractivity contribution is 5.52. The quantitative estimate of drug-likeness (QED) is 0.867. The van der Waals surface area contributed by atoms with Gasteiger partial charge in [0.1, 0.15) is 6.61 Å². The number of anilines is 1. The molecule has 2 aliphatic rings. The van der Waals surface area contributed by atoms with Gasteiger partial charge in [-0.05, 0) is 38.8 Å². The molecule has 1 heterocycles. The molecule has 0 unspecified atom stereocenters. The molecule has 1 aliphatic carbocycles. The van der Waals surface area contributed by atoms with Crippen LogP contribution in [0.2, 0.25) is 0 Å². The zero-order valence-corrected chi connectivity index (χ0v) is 14.6. The molecule has 1 aliphatic heterocycles. The Hall–Kier alpha value is -1.47. The lowest BCUT2D eigenvalue weighted by molar-refractivity contribution is -0.202. The molecule has 2 atom stereocenters. The Bertz CT molecular complexity index is 624. The van der Waals surface area contributed by atoms with Crippen LogP contribution < -0.4 is 15.0 Å². The van der Waals surface area contributed by atoms with Crippen LogP contribution in [-0.2, 0) is 0 Å². The lowest BCUT2D eigenvalue weighted by atomic mass is 9.83. The SMILES string of the molecule is CC1(C)CN(c2ccc(OC(F)(F)CO)c(F)c2)[C@H]2CCCC[C@H]2N1. The van der Waals surface area contributed by atoms with Crippen molar-refractivity contribution in [2.75, 3.05) is 18.1 Å². The maximum absolute atomic E-state index is 14.3. The molecule has 1 saturated carbocycles. The molecule has 0 radical (unpaired) electrons. The second kappa shape index (κ2) is 6.68. The summed E-state index contributed by atoms with van der Waals surface area (Å²) in [6.45, 7) is 3.44. The van der Waals surface area contributed by atoms with Crippen LogP contribution in [0.15, 0.2) is 18.2 Å². The van der Waals surface area contributed by atoms with Gasteiger partial charge in [-0.25, -0.2) is 4.39 Å². The van der Waals surface area contributed by atoms with E-state index < -0.39 is 24.3 Å². The van der Waals surface area contributed by atoms with E-state index >= 15 is 0 Å². The number of piperazine rings is 1. The maximum Gasteiger partial charge on any atom is 0.421 e. The number of ether oxygens (including phenoxy) is 1. The fourth-order valence-electron chi connectivity index (χ4n) is 3.97. The molecule has 140 valence electrons. The van der Waals surface area contributed by atoms with Crippen molar-refractivity contribution in [2.45, 2.75) is 63.3 Å². The van der Waals surface area contributed by atoms with Crippen LogP contribution in [0.4, 0.5) is 18.9 Å². The highest BCUT2D eigenvalue weighted by Crippen LogP contribution is 2.35. The van der Waals surface area contributed by atoms with Crippen molar-refractivity contribution in [3.8, 4) is 5.75 Å². The Morgan fingerprint density at radius 3 is 2.72 bits per heavy atom. The predicted octanol–water partition coefficient (Wildman–Crippen LogP) is 3.29. The Morgan fingerprint density at radius 1 is 1.32 bits per heavy atom. The first-order valence-corrected chi connectivity index (χ1v) is 8.72. The number of nitrogens with zero attached hydrogens (tertiary/aromatic N) is 1. The van der Waals surface area contributed by atoms with Gasteiger partial charge in [0.2, 0.25) is 0 Å². The van der Waals surface area contributed by atoms with Gasteiger partial charge < -0.3 is 20.1 Å². The number of aliphatic hydroxyl groups excluding tert-OH is 1. The number of rotatable bonds is 4. The summed E-state index contributed by atoms with van der Waals surface area (Å²) < 4.78 is 44.9. The van der Waals surface area contributed by atoms with E-state index in [4.69, 9.17) is 5.11 Å². The minimum atomic E-state index is -3.80. The molecule has 1 aromatic carbocycles. The number of aliphatic hydroxyl groups is 1. The summed E-state index contributed by atoms with van der Waals surface area (Å²) >= 11 is 0. The van der Waals surface area contributed by atoms with Gasteiger partial charge in [-0.3, -0.25) is 0 Å². The Kier molecular flexibility index (Phi) is 4.90. The number of alkyl halides is 2. The lowest BCUT2D eigenvalue weighted by Crippen LogP contribution is -2.67. The summed E-state index contributed by atoms with van der Waals surface area (Å²) in [5, 5.41) is 12.3. The third-order valence-corrected chi connectivity index (χ3v) is 4.96. The fourth-order valence-corrected chi connectivity index (χ4v) is 3.97. The van der Waals surface area contributed by atoms with E-state index in [0.717, 1.165) is 19.3 Å². The van der Waals surface area contributed by atoms with Crippen LogP contribution in [0.5, 0.6) is 5.75 Å². The van der Waals surface area contributed by atoms with Crippen molar-refractivity contribution >= 4 is 5.69 Å². The van der Waals surface area contributed by atoms with Crippen LogP contribution in [0.3, 0.4) is 0 Å². The molecule has 0 aromatic heterocycles. The zero-order valence-electron chi connectivity index (χ0n) is 14.6. The van der Waals surface area contributed by atoms with E-state index in [0.29, 0.717) is 18.3 Å². The number of nitrogens with one attached hydrogen (secondary N) is 1. The average Bonchev–Trinajstić information content (AvgIpc) is 2.55. The third-order valence-electron chi connectivity index (χ3n) is 4.96. The third kappa shape index (κ3) is 4.03. The molecule has 7 heteroatoms. The van der Waals surface area contributed by atoms with Crippen LogP contribution in [0.1, 0.15) is 39.5 Å². The van der Waals surface area contributed by atoms with Crippen molar-refractivity contribution in [1.29, 1.82) is 0 Å². The Balaban J connectivity index is 1.85. The molecule has 0 bridgehead atoms. The molecule has 0 amide bonds. The minimum Gasteiger partial charge on any atom is -0.428 e. The van der Waals surface area contributed by atoms with Gasteiger partial charge in [-0.1, -0.05) is 12.8 Å². The average molecular weight is 358 g/mol. The van der Waals surface area contributed by atoms with E-state index in [-0.39, 0.29) is 11.6 Å². The first-order valence-electron chi connectivity index (χ1n) is 8.72. The molecular formula is C18H25F3N2O2. The summed E-state index contributed by atoms with van der Waals surface area (Å²) in [6, 6.07) is 4.68. The summed E-state index contributed by atoms with van der Waals surface area (Å²) in [6.07, 6.45) is 0.614. The number of fused-ring (bicyclic) bond motifs is 1. The van der Waals surface area contributed by atoms with E-state index in [2.05, 4.69) is 28.8 Å². The highest BCUT2D eigenvalue weighted by atomic mass is 19.3. The summed E-state index contributed by atoms with van der Waals surface area (Å²) in [5.41, 5.74) is 0.553. The Morgan fingerprint density at radius 2 is 2.04 bits per heavy atom. The smallest absolute Gasteiger partial charge is 0.421 e. The standard InChI is InChI=1S/C18H25F3N2O2/c1-17(2)10-23(15-6-4-3-5-14(15)22-17)12-7-8-16(13(19)9-12)25-18(20,21)11-24/h7-9,14-15,22,24H,3-6,10-11H2,1-2H3/t14-,15+/m1/s1. The van der Waals surface area contributed by atoms with Gasteiger partial charge in [-0.2, -0.15) is 8.78 Å². The molecule has 2 N–H and O–H groups in total. The lowest BCUT2D eigenvalue weighted by Gasteiger charge is -2.52. The number of benzene rings is 1. The van der Waals surface area contributed by atoms with Gasteiger partial charge in [0, 0.05) is 35.9 Å². The van der Waals surface area contributed by atoms with E-state index in [9.17, 15) is 13.2 Å². The first kappa shape index (κ1) is 18.3. The number of hydrogen-bond donors (Lipinski definition) is 2. The van der Waals surface area contributed by atoms with Crippen molar-refractivity contribution < 1.29 is 23.0 Å². The molecule has 3 rings (SSSR count). The van der Waals surface area contributed by atoms with E-state index in [1.807, 2.05) is 0 Å². The second-order valence-electron chi connectivity index (χ2n) is 7.63. The first-order chi connectivity index (χ1) is 11.7. The van der Waals surface area contributed by atoms with Crippen LogP contribution in [0.25, 0.3) is 0 Å². The molecule has 2 fully saturated rings. The predicted molar refractivity (Wildman–Crippen MR) is 89.7 cm³/mol. The van der Waals surface area contributed by atoms with Crippen molar-refractivity contribution in [3.63, 3.8) is 0 Å². The van der Waals surface area contributed by atoms with E-state index in [1.165, 1.54) is 18.6 Å². The van der Waals surface area contributed by atoms with E-state index in [1.54, 1.807) is 6.07 Å². The highest BCUT2D eigenvalue weighted by Gasteiger charge is 2.40. The van der Waals surface area contributed by atoms with Crippen LogP contribution in [-0.4, -0.2) is 42.0 Å². The van der Waals surface area contributed by atoms with Crippen molar-refractivity contribution in [3.05, 3.63) is 24.0 Å². The largest absolute Gasteiger partial charge is 0.428 e. The summed E-state index contributed by atoms with van der Waals surface area (Å²) in [5.74, 6) is -1.41. The number of halogens is 3. The second-order valence-corrected chi connectivity index (χ2v) is 7.63. The monoisotopic (exact) mass is 358 g/mol. The van der Waals surface area contributed by atoms with Gasteiger partial charge in [0.05, 0.1) is 0 Å². The van der Waals surface area contributed by atoms with Crippen molar-refractivity contribution in [2.24, 2.45) is 0 Å². The van der Waals surface area contributed by atoms with Gasteiger partial charge in [0.15, 0.2) is 11.6 Å². The normalized spacial score (nSPS) is 26.2. The van der Waals surface area contributed by atoms with Crippen LogP contribution >= 0.6 is 0 Å².